The summed E-state index contributed by atoms with van der Waals surface area (Å²) in [5.74, 6) is -2.01. The van der Waals surface area contributed by atoms with Gasteiger partial charge < -0.3 is 41.6 Å². The molecule has 0 aliphatic carbocycles. The zero-order valence-electron chi connectivity index (χ0n) is 40.7. The van der Waals surface area contributed by atoms with E-state index in [2.05, 4.69) is 12.2 Å². The summed E-state index contributed by atoms with van der Waals surface area (Å²) in [6.07, 6.45) is 4.01. The van der Waals surface area contributed by atoms with Crippen LogP contribution in [0.4, 0.5) is 0 Å². The van der Waals surface area contributed by atoms with Crippen LogP contribution < -0.4 is 36.7 Å². The molecule has 4 aromatic rings. The number of unbranched alkanes of at least 4 members (excludes halogenated alkanes) is 3. The number of nitrogens with one attached hydrogen (secondary N) is 1. The lowest BCUT2D eigenvalue weighted by atomic mass is 9.88. The Labute approximate surface area is 405 Å². The number of amides is 2. The number of aromatic nitrogens is 2. The highest BCUT2D eigenvalue weighted by Gasteiger charge is 2.36. The normalized spacial score (nSPS) is 16.4. The smallest absolute Gasteiger partial charge is 0.226 e. The molecule has 1 aromatic heterocycles. The molecule has 0 spiro atoms. The molecular formula is C53H68N8O8. The number of likely N-dealkylation sites (N-methyl/N-ethyl adjacent to an activating group) is 1. The fourth-order valence-electron chi connectivity index (χ4n) is 8.64. The molecule has 69 heavy (non-hydrogen) atoms. The van der Waals surface area contributed by atoms with Crippen molar-refractivity contribution in [1.29, 1.82) is 5.26 Å². The highest BCUT2D eigenvalue weighted by atomic mass is 16.5. The van der Waals surface area contributed by atoms with Crippen molar-refractivity contribution >= 4 is 29.2 Å². The molecule has 7 N–H and O–H groups in total. The SMILES string of the molecule is CCCCCCOc1ccc(-c2nc(C)c(C(=O)C[C@@H](CCN)C(=O)N(C)[C@@H]3C(=O)C[C@@H](C)C(=O)N[C@H](C(=O)CCC#N)Cc4ccc(OCCN)c(c4)-c4cc3ccc4OCCN)c(C)n2)cc1. The third-order valence-corrected chi connectivity index (χ3v) is 12.3. The van der Waals surface area contributed by atoms with Gasteiger partial charge in [-0.2, -0.15) is 5.26 Å². The summed E-state index contributed by atoms with van der Waals surface area (Å²) >= 11 is 0. The molecule has 4 atom stereocenters. The van der Waals surface area contributed by atoms with E-state index in [-0.39, 0.29) is 82.9 Å². The maximum absolute atomic E-state index is 14.9. The van der Waals surface area contributed by atoms with Gasteiger partial charge in [-0.15, -0.1) is 0 Å². The second kappa shape index (κ2) is 26.3. The lowest BCUT2D eigenvalue weighted by molar-refractivity contribution is -0.142. The van der Waals surface area contributed by atoms with Crippen molar-refractivity contribution < 1.29 is 38.2 Å². The number of carbonyl (C=O) groups is 5. The minimum absolute atomic E-state index is 0.0338. The number of hydrogen-bond donors (Lipinski definition) is 4. The summed E-state index contributed by atoms with van der Waals surface area (Å²) in [5.41, 5.74) is 21.9. The van der Waals surface area contributed by atoms with E-state index < -0.39 is 41.5 Å². The van der Waals surface area contributed by atoms with Crippen molar-refractivity contribution in [3.05, 3.63) is 88.7 Å². The number of nitrogens with two attached hydrogens (primary N) is 3. The molecule has 0 radical (unpaired) electrons. The zero-order chi connectivity index (χ0) is 50.0. The van der Waals surface area contributed by atoms with E-state index in [9.17, 15) is 29.2 Å². The molecular weight excluding hydrogens is 877 g/mol. The highest BCUT2D eigenvalue weighted by molar-refractivity contribution is 6.01. The van der Waals surface area contributed by atoms with Crippen LogP contribution in [0.3, 0.4) is 0 Å². The first-order valence-electron chi connectivity index (χ1n) is 24.0. The fourth-order valence-corrected chi connectivity index (χ4v) is 8.64. The Morgan fingerprint density at radius 2 is 1.49 bits per heavy atom. The summed E-state index contributed by atoms with van der Waals surface area (Å²) in [4.78, 5) is 82.0. The van der Waals surface area contributed by atoms with E-state index >= 15 is 0 Å². The van der Waals surface area contributed by atoms with Gasteiger partial charge in [-0.25, -0.2) is 9.97 Å². The van der Waals surface area contributed by atoms with Crippen molar-refractivity contribution in [2.24, 2.45) is 29.0 Å². The van der Waals surface area contributed by atoms with Gasteiger partial charge in [0.15, 0.2) is 23.2 Å². The lowest BCUT2D eigenvalue weighted by Gasteiger charge is -2.32. The van der Waals surface area contributed by atoms with Gasteiger partial charge in [-0.3, -0.25) is 24.0 Å². The van der Waals surface area contributed by atoms with Crippen LogP contribution in [0.15, 0.2) is 60.7 Å². The number of ketones is 3. The standard InChI is InChI=1S/C53H68N8O8/c1-6-7-8-9-25-67-40-16-13-37(14-17-40)51-58-34(3)49(35(4)59-51)45(63)32-39(20-22-55)53(66)61(5)50-38-15-19-48(69-27-24-57)42(31-38)41-29-36(12-18-47(41)68-26-23-56)30-43(44(62)11-10-21-54)60-52(65)33(2)28-46(50)64/h12-19,29,31,33,39,43,50H,6-11,20,22-28,30,32,55-57H2,1-5H3,(H,60,65)/t33-,39-,43+,50+/m1/s1. The Bertz CT molecular complexity index is 2450. The van der Waals surface area contributed by atoms with Gasteiger partial charge in [0, 0.05) is 74.3 Å². The first kappa shape index (κ1) is 53.4. The minimum atomic E-state index is -1.25. The summed E-state index contributed by atoms with van der Waals surface area (Å²) in [6, 6.07) is 17.8. The van der Waals surface area contributed by atoms with Crippen LogP contribution in [0.5, 0.6) is 17.2 Å². The Kier molecular flexibility index (Phi) is 20.3. The Morgan fingerprint density at radius 3 is 2.12 bits per heavy atom. The van der Waals surface area contributed by atoms with E-state index in [4.69, 9.17) is 41.4 Å². The molecule has 4 bridgehead atoms. The number of fused-ring (bicyclic) bond motifs is 5. The van der Waals surface area contributed by atoms with Crippen molar-refractivity contribution in [3.8, 4) is 45.8 Å². The summed E-state index contributed by atoms with van der Waals surface area (Å²) in [7, 11) is 1.50. The van der Waals surface area contributed by atoms with Gasteiger partial charge in [0.2, 0.25) is 11.8 Å². The largest absolute Gasteiger partial charge is 0.494 e. The molecule has 16 nitrogen and oxygen atoms in total. The van der Waals surface area contributed by atoms with Gasteiger partial charge >= 0.3 is 0 Å². The van der Waals surface area contributed by atoms with Crippen LogP contribution >= 0.6 is 0 Å². The third-order valence-electron chi connectivity index (χ3n) is 12.3. The molecule has 16 heteroatoms. The third kappa shape index (κ3) is 14.3. The summed E-state index contributed by atoms with van der Waals surface area (Å²) < 4.78 is 18.2. The second-order valence-corrected chi connectivity index (χ2v) is 17.6. The number of aryl methyl sites for hydroxylation is 2. The zero-order valence-corrected chi connectivity index (χ0v) is 40.7. The molecule has 1 aliphatic heterocycles. The fraction of sp³-hybridized carbons (Fsp3) is 0.472. The molecule has 3 aromatic carbocycles. The average Bonchev–Trinajstić information content (AvgIpc) is 3.33. The second-order valence-electron chi connectivity index (χ2n) is 17.6. The van der Waals surface area contributed by atoms with E-state index in [0.29, 0.717) is 63.1 Å². The lowest BCUT2D eigenvalue weighted by Crippen LogP contribution is -2.46. The molecule has 368 valence electrons. The average molecular weight is 945 g/mol. The molecule has 2 heterocycles. The predicted octanol–water partition coefficient (Wildman–Crippen LogP) is 6.31. The van der Waals surface area contributed by atoms with E-state index in [1.165, 1.54) is 18.4 Å². The van der Waals surface area contributed by atoms with Crippen molar-refractivity contribution in [3.63, 3.8) is 0 Å². The van der Waals surface area contributed by atoms with Gasteiger partial charge in [0.05, 0.1) is 35.7 Å². The highest BCUT2D eigenvalue weighted by Crippen LogP contribution is 2.41. The van der Waals surface area contributed by atoms with Gasteiger partial charge in [0.25, 0.3) is 0 Å². The van der Waals surface area contributed by atoms with Crippen LogP contribution in [0.1, 0.15) is 111 Å². The number of carbonyl (C=O) groups excluding carboxylic acids is 5. The molecule has 0 saturated heterocycles. The number of rotatable bonds is 23. The predicted molar refractivity (Wildman–Crippen MR) is 263 cm³/mol. The summed E-state index contributed by atoms with van der Waals surface area (Å²) in [6.45, 7) is 8.70. The number of benzene rings is 3. The Balaban J connectivity index is 1.51. The Morgan fingerprint density at radius 1 is 0.841 bits per heavy atom. The topological polar surface area (TPSA) is 256 Å². The number of nitriles is 1. The van der Waals surface area contributed by atoms with E-state index in [0.717, 1.165) is 30.6 Å². The number of hydrogen-bond acceptors (Lipinski definition) is 14. The first-order chi connectivity index (χ1) is 33.2. The van der Waals surface area contributed by atoms with Crippen molar-refractivity contribution in [1.82, 2.24) is 20.2 Å². The minimum Gasteiger partial charge on any atom is -0.494 e. The van der Waals surface area contributed by atoms with Crippen LogP contribution in [-0.2, 0) is 25.6 Å². The molecule has 0 saturated carbocycles. The van der Waals surface area contributed by atoms with E-state index in [1.807, 2.05) is 36.4 Å². The quantitative estimate of drug-likeness (QED) is 0.0470. The number of ether oxygens (including phenoxy) is 3. The Hall–Kier alpha value is -6.54. The maximum atomic E-state index is 14.9. The van der Waals surface area contributed by atoms with Crippen LogP contribution in [-0.4, -0.2) is 96.6 Å². The van der Waals surface area contributed by atoms with Crippen molar-refractivity contribution in [2.75, 3.05) is 46.5 Å². The number of nitrogens with zero attached hydrogens (tertiary/aromatic N) is 4. The molecule has 0 unspecified atom stereocenters. The maximum Gasteiger partial charge on any atom is 0.226 e. The summed E-state index contributed by atoms with van der Waals surface area (Å²) in [5, 5.41) is 12.1. The number of Topliss-reactive ketones (excluding diaryl/α,β-unsaturated/α-hetero) is 3. The van der Waals surface area contributed by atoms with Crippen LogP contribution in [0, 0.1) is 37.0 Å². The first-order valence-corrected chi connectivity index (χ1v) is 24.0. The van der Waals surface area contributed by atoms with E-state index in [1.54, 1.807) is 51.1 Å². The van der Waals surface area contributed by atoms with Gasteiger partial charge in [-0.1, -0.05) is 45.2 Å². The van der Waals surface area contributed by atoms with Crippen LogP contribution in [0.25, 0.3) is 22.5 Å². The van der Waals surface area contributed by atoms with Crippen molar-refractivity contribution in [2.45, 2.75) is 104 Å². The molecule has 0 fully saturated rings. The molecule has 2 amide bonds. The van der Waals surface area contributed by atoms with Gasteiger partial charge in [0.1, 0.15) is 36.5 Å². The van der Waals surface area contributed by atoms with Crippen LogP contribution in [0.2, 0.25) is 0 Å². The molecule has 5 rings (SSSR count). The van der Waals surface area contributed by atoms with Gasteiger partial charge in [-0.05, 0) is 99.3 Å². The molecule has 1 aliphatic rings. The monoisotopic (exact) mass is 945 g/mol.